The molecule has 1 aliphatic heterocycles. The van der Waals surface area contributed by atoms with Crippen molar-refractivity contribution in [3.8, 4) is 11.5 Å². The van der Waals surface area contributed by atoms with Crippen molar-refractivity contribution in [1.82, 2.24) is 5.32 Å². The van der Waals surface area contributed by atoms with Gasteiger partial charge in [-0.3, -0.25) is 0 Å². The number of halogens is 1. The van der Waals surface area contributed by atoms with E-state index in [1.807, 2.05) is 12.1 Å². The quantitative estimate of drug-likeness (QED) is 0.876. The zero-order chi connectivity index (χ0) is 14.8. The zero-order valence-electron chi connectivity index (χ0n) is 12.5. The molecule has 21 heavy (non-hydrogen) atoms. The number of nitrogens with one attached hydrogen (secondary N) is 1. The summed E-state index contributed by atoms with van der Waals surface area (Å²) < 4.78 is 16.6. The van der Waals surface area contributed by atoms with E-state index < -0.39 is 0 Å². The number of rotatable bonds is 6. The van der Waals surface area contributed by atoms with Crippen molar-refractivity contribution in [3.63, 3.8) is 0 Å². The molecule has 1 saturated heterocycles. The Balaban J connectivity index is 1.80. The highest BCUT2D eigenvalue weighted by atomic mass is 35.5. The lowest BCUT2D eigenvalue weighted by Gasteiger charge is -2.22. The first-order valence-electron chi connectivity index (χ1n) is 7.50. The summed E-state index contributed by atoms with van der Waals surface area (Å²) >= 11 is 6.51. The molecule has 1 N–H and O–H groups in total. The summed E-state index contributed by atoms with van der Waals surface area (Å²) in [4.78, 5) is 0. The molecule has 1 heterocycles. The first-order chi connectivity index (χ1) is 10.2. The van der Waals surface area contributed by atoms with Crippen molar-refractivity contribution in [2.75, 3.05) is 27.4 Å². The van der Waals surface area contributed by atoms with E-state index in [0.717, 1.165) is 25.1 Å². The molecule has 0 bridgehead atoms. The molecule has 1 aromatic rings. The van der Waals surface area contributed by atoms with Gasteiger partial charge in [-0.25, -0.2) is 0 Å². The average Bonchev–Trinajstić information content (AvgIpc) is 3.22. The highest BCUT2D eigenvalue weighted by Gasteiger charge is 2.33. The summed E-state index contributed by atoms with van der Waals surface area (Å²) in [5.41, 5.74) is 0.995. The van der Waals surface area contributed by atoms with Gasteiger partial charge >= 0.3 is 0 Å². The van der Waals surface area contributed by atoms with Gasteiger partial charge in [-0.05, 0) is 25.3 Å². The molecule has 3 rings (SSSR count). The molecule has 2 atom stereocenters. The lowest BCUT2D eigenvalue weighted by atomic mass is 9.94. The number of methoxy groups -OCH3 is 2. The molecular weight excluding hydrogens is 290 g/mol. The van der Waals surface area contributed by atoms with Crippen LogP contribution in [0, 0.1) is 5.92 Å². The van der Waals surface area contributed by atoms with E-state index in [-0.39, 0.29) is 6.10 Å². The average molecular weight is 312 g/mol. The van der Waals surface area contributed by atoms with Crippen molar-refractivity contribution in [2.45, 2.75) is 31.4 Å². The normalized spacial score (nSPS) is 25.1. The molecule has 2 aliphatic rings. The van der Waals surface area contributed by atoms with E-state index >= 15 is 0 Å². The molecule has 5 heteroatoms. The molecule has 2 unspecified atom stereocenters. The lowest BCUT2D eigenvalue weighted by Crippen LogP contribution is -2.26. The van der Waals surface area contributed by atoms with Crippen molar-refractivity contribution < 1.29 is 14.2 Å². The van der Waals surface area contributed by atoms with Gasteiger partial charge in [0.05, 0.1) is 25.3 Å². The first-order valence-corrected chi connectivity index (χ1v) is 7.87. The van der Waals surface area contributed by atoms with Crippen LogP contribution in [0.1, 0.15) is 30.9 Å². The van der Waals surface area contributed by atoms with Gasteiger partial charge in [0.1, 0.15) is 0 Å². The molecule has 0 amide bonds. The number of hydrogen-bond acceptors (Lipinski definition) is 4. The minimum atomic E-state index is 0.0311. The third kappa shape index (κ3) is 3.12. The molecule has 0 aromatic heterocycles. The smallest absolute Gasteiger partial charge is 0.179 e. The van der Waals surface area contributed by atoms with Gasteiger partial charge in [0.2, 0.25) is 0 Å². The van der Waals surface area contributed by atoms with Crippen LogP contribution in [0.4, 0.5) is 0 Å². The van der Waals surface area contributed by atoms with E-state index in [4.69, 9.17) is 25.8 Å². The van der Waals surface area contributed by atoms with Crippen molar-refractivity contribution in [3.05, 3.63) is 22.7 Å². The topological polar surface area (TPSA) is 39.7 Å². The van der Waals surface area contributed by atoms with E-state index in [0.29, 0.717) is 28.5 Å². The molecule has 2 fully saturated rings. The van der Waals surface area contributed by atoms with Gasteiger partial charge in [0.25, 0.3) is 0 Å². The van der Waals surface area contributed by atoms with Gasteiger partial charge in [-0.15, -0.1) is 0 Å². The Morgan fingerprint density at radius 3 is 2.71 bits per heavy atom. The predicted octanol–water partition coefficient (Wildman–Crippen LogP) is 3.19. The summed E-state index contributed by atoms with van der Waals surface area (Å²) in [7, 11) is 3.22. The van der Waals surface area contributed by atoms with Gasteiger partial charge in [-0.1, -0.05) is 17.7 Å². The summed E-state index contributed by atoms with van der Waals surface area (Å²) in [6, 6.07) is 4.60. The maximum atomic E-state index is 6.51. The second kappa shape index (κ2) is 6.42. The molecule has 116 valence electrons. The number of hydrogen-bond donors (Lipinski definition) is 1. The van der Waals surface area contributed by atoms with Gasteiger partial charge in [-0.2, -0.15) is 0 Å². The maximum Gasteiger partial charge on any atom is 0.179 e. The summed E-state index contributed by atoms with van der Waals surface area (Å²) in [6.07, 6.45) is 3.70. The number of ether oxygens (including phenoxy) is 3. The molecule has 1 aliphatic carbocycles. The summed E-state index contributed by atoms with van der Waals surface area (Å²) in [5, 5.41) is 4.19. The van der Waals surface area contributed by atoms with Gasteiger partial charge in [0, 0.05) is 30.7 Å². The van der Waals surface area contributed by atoms with E-state index in [1.165, 1.54) is 12.8 Å². The lowest BCUT2D eigenvalue weighted by molar-refractivity contribution is 0.0902. The number of benzene rings is 1. The van der Waals surface area contributed by atoms with Gasteiger partial charge in [0.15, 0.2) is 11.5 Å². The molecule has 4 nitrogen and oxygen atoms in total. The highest BCUT2D eigenvalue weighted by Crippen LogP contribution is 2.44. The van der Waals surface area contributed by atoms with Crippen LogP contribution in [0.2, 0.25) is 5.02 Å². The summed E-state index contributed by atoms with van der Waals surface area (Å²) in [5.74, 6) is 1.69. The van der Waals surface area contributed by atoms with Crippen LogP contribution in [0.5, 0.6) is 11.5 Å². The second-order valence-electron chi connectivity index (χ2n) is 5.73. The fourth-order valence-electron chi connectivity index (χ4n) is 2.92. The van der Waals surface area contributed by atoms with Crippen molar-refractivity contribution >= 4 is 11.6 Å². The molecule has 0 spiro atoms. The molecule has 0 radical (unpaired) electrons. The Morgan fingerprint density at radius 1 is 1.24 bits per heavy atom. The monoisotopic (exact) mass is 311 g/mol. The molecular formula is C16H22ClNO3. The van der Waals surface area contributed by atoms with E-state index in [9.17, 15) is 0 Å². The Bertz CT molecular complexity index is 505. The van der Waals surface area contributed by atoms with Crippen LogP contribution in [-0.2, 0) is 4.74 Å². The minimum absolute atomic E-state index is 0.0311. The summed E-state index contributed by atoms with van der Waals surface area (Å²) in [6.45, 7) is 1.77. The maximum absolute atomic E-state index is 6.51. The molecule has 1 saturated carbocycles. The van der Waals surface area contributed by atoms with Crippen LogP contribution in [0.25, 0.3) is 0 Å². The highest BCUT2D eigenvalue weighted by molar-refractivity contribution is 6.33. The SMILES string of the molecule is COc1ccc(C2OCCC2CNC2CC2)c(Cl)c1OC. The van der Waals surface area contributed by atoms with Crippen LogP contribution < -0.4 is 14.8 Å². The zero-order valence-corrected chi connectivity index (χ0v) is 13.3. The largest absolute Gasteiger partial charge is 0.493 e. The predicted molar refractivity (Wildman–Crippen MR) is 82.4 cm³/mol. The Labute approximate surface area is 130 Å². The third-order valence-electron chi connectivity index (χ3n) is 4.28. The van der Waals surface area contributed by atoms with Crippen LogP contribution in [0.3, 0.4) is 0 Å². The Kier molecular flexibility index (Phi) is 4.57. The minimum Gasteiger partial charge on any atom is -0.493 e. The van der Waals surface area contributed by atoms with Crippen LogP contribution >= 0.6 is 11.6 Å². The van der Waals surface area contributed by atoms with E-state index in [2.05, 4.69) is 5.32 Å². The van der Waals surface area contributed by atoms with Crippen molar-refractivity contribution in [1.29, 1.82) is 0 Å². The Morgan fingerprint density at radius 2 is 2.05 bits per heavy atom. The van der Waals surface area contributed by atoms with E-state index in [1.54, 1.807) is 14.2 Å². The Hall–Kier alpha value is -0.970. The second-order valence-corrected chi connectivity index (χ2v) is 6.10. The third-order valence-corrected chi connectivity index (χ3v) is 4.67. The van der Waals surface area contributed by atoms with Crippen LogP contribution in [0.15, 0.2) is 12.1 Å². The first kappa shape index (κ1) is 14.9. The fraction of sp³-hybridized carbons (Fsp3) is 0.625. The standard InChI is InChI=1S/C16H22ClNO3/c1-19-13-6-5-12(14(17)16(13)20-2)15-10(7-8-21-15)9-18-11-3-4-11/h5-6,10-11,15,18H,3-4,7-9H2,1-2H3. The molecule has 1 aromatic carbocycles. The fourth-order valence-corrected chi connectivity index (χ4v) is 3.26. The van der Waals surface area contributed by atoms with Gasteiger partial charge < -0.3 is 19.5 Å². The van der Waals surface area contributed by atoms with Crippen LogP contribution in [-0.4, -0.2) is 33.4 Å². The van der Waals surface area contributed by atoms with Crippen molar-refractivity contribution in [2.24, 2.45) is 5.92 Å².